The molecular weight excluding hydrogens is 280 g/mol. The SMILES string of the molecule is CC(C)CCNC(=O)N(CC(=O)O)c1cccc(Cl)c1. The molecule has 0 spiro atoms. The normalized spacial score (nSPS) is 10.4. The van der Waals surface area contributed by atoms with E-state index >= 15 is 0 Å². The number of amides is 2. The molecule has 0 saturated carbocycles. The third-order valence-electron chi connectivity index (χ3n) is 2.66. The highest BCUT2D eigenvalue weighted by molar-refractivity contribution is 6.30. The standard InChI is InChI=1S/C14H19ClN2O3/c1-10(2)6-7-16-14(20)17(9-13(18)19)12-5-3-4-11(15)8-12/h3-5,8,10H,6-7,9H2,1-2H3,(H,16,20)(H,18,19). The first-order valence-corrected chi connectivity index (χ1v) is 6.80. The molecule has 20 heavy (non-hydrogen) atoms. The fourth-order valence-corrected chi connectivity index (χ4v) is 1.81. The second-order valence-electron chi connectivity index (χ2n) is 4.87. The van der Waals surface area contributed by atoms with Gasteiger partial charge in [-0.2, -0.15) is 0 Å². The van der Waals surface area contributed by atoms with Crippen LogP contribution in [-0.4, -0.2) is 30.2 Å². The van der Waals surface area contributed by atoms with E-state index in [1.54, 1.807) is 24.3 Å². The van der Waals surface area contributed by atoms with Gasteiger partial charge in [-0.15, -0.1) is 0 Å². The summed E-state index contributed by atoms with van der Waals surface area (Å²) in [6.45, 7) is 4.21. The molecule has 0 atom stereocenters. The van der Waals surface area contributed by atoms with Crippen molar-refractivity contribution < 1.29 is 14.7 Å². The number of urea groups is 1. The number of hydrogen-bond acceptors (Lipinski definition) is 2. The second-order valence-corrected chi connectivity index (χ2v) is 5.31. The van der Waals surface area contributed by atoms with Crippen molar-refractivity contribution >= 4 is 29.3 Å². The van der Waals surface area contributed by atoms with Gasteiger partial charge in [0.25, 0.3) is 0 Å². The molecule has 0 aliphatic heterocycles. The van der Waals surface area contributed by atoms with Gasteiger partial charge in [0.1, 0.15) is 6.54 Å². The quantitative estimate of drug-likeness (QED) is 0.848. The summed E-state index contributed by atoms with van der Waals surface area (Å²) in [5.41, 5.74) is 0.460. The van der Waals surface area contributed by atoms with E-state index in [9.17, 15) is 9.59 Å². The van der Waals surface area contributed by atoms with Gasteiger partial charge in [0.05, 0.1) is 0 Å². The van der Waals surface area contributed by atoms with Crippen LogP contribution in [0.25, 0.3) is 0 Å². The van der Waals surface area contributed by atoms with Crippen LogP contribution in [0.5, 0.6) is 0 Å². The van der Waals surface area contributed by atoms with Crippen LogP contribution in [0.15, 0.2) is 24.3 Å². The number of carboxylic acids is 1. The largest absolute Gasteiger partial charge is 0.480 e. The maximum absolute atomic E-state index is 12.1. The lowest BCUT2D eigenvalue weighted by Crippen LogP contribution is -2.43. The van der Waals surface area contributed by atoms with Gasteiger partial charge < -0.3 is 10.4 Å². The molecule has 0 aliphatic carbocycles. The minimum Gasteiger partial charge on any atom is -0.480 e. The van der Waals surface area contributed by atoms with Gasteiger partial charge in [0.2, 0.25) is 0 Å². The highest BCUT2D eigenvalue weighted by Crippen LogP contribution is 2.19. The molecule has 0 unspecified atom stereocenters. The molecule has 0 aromatic heterocycles. The molecule has 1 rings (SSSR count). The van der Waals surface area contributed by atoms with Gasteiger partial charge in [0, 0.05) is 17.3 Å². The Morgan fingerprint density at radius 1 is 1.40 bits per heavy atom. The van der Waals surface area contributed by atoms with Crippen molar-refractivity contribution in [3.05, 3.63) is 29.3 Å². The molecule has 0 radical (unpaired) electrons. The van der Waals surface area contributed by atoms with Crippen LogP contribution in [-0.2, 0) is 4.79 Å². The van der Waals surface area contributed by atoms with Crippen LogP contribution in [0.2, 0.25) is 5.02 Å². The predicted octanol–water partition coefficient (Wildman–Crippen LogP) is 2.99. The lowest BCUT2D eigenvalue weighted by Gasteiger charge is -2.21. The van der Waals surface area contributed by atoms with Gasteiger partial charge in [-0.25, -0.2) is 4.79 Å². The van der Waals surface area contributed by atoms with E-state index in [2.05, 4.69) is 19.2 Å². The fraction of sp³-hybridized carbons (Fsp3) is 0.429. The van der Waals surface area contributed by atoms with Crippen LogP contribution in [0.1, 0.15) is 20.3 Å². The topological polar surface area (TPSA) is 69.6 Å². The molecular formula is C14H19ClN2O3. The number of carbonyl (C=O) groups is 2. The van der Waals surface area contributed by atoms with Crippen molar-refractivity contribution in [1.29, 1.82) is 0 Å². The smallest absolute Gasteiger partial charge is 0.323 e. The Hall–Kier alpha value is -1.75. The molecule has 2 N–H and O–H groups in total. The number of nitrogens with zero attached hydrogens (tertiary/aromatic N) is 1. The molecule has 5 nitrogen and oxygen atoms in total. The molecule has 0 fully saturated rings. The van der Waals surface area contributed by atoms with Gasteiger partial charge >= 0.3 is 12.0 Å². The van der Waals surface area contributed by atoms with Crippen LogP contribution in [0.4, 0.5) is 10.5 Å². The summed E-state index contributed by atoms with van der Waals surface area (Å²) in [6.07, 6.45) is 0.836. The number of carboxylic acid groups (broad SMARTS) is 1. The summed E-state index contributed by atoms with van der Waals surface area (Å²) in [6, 6.07) is 6.12. The number of anilines is 1. The highest BCUT2D eigenvalue weighted by atomic mass is 35.5. The van der Waals surface area contributed by atoms with Crippen molar-refractivity contribution in [3.8, 4) is 0 Å². The van der Waals surface area contributed by atoms with Gasteiger partial charge in [-0.05, 0) is 30.5 Å². The maximum Gasteiger partial charge on any atom is 0.323 e. The van der Waals surface area contributed by atoms with Gasteiger partial charge in [0.15, 0.2) is 0 Å². The number of hydrogen-bond donors (Lipinski definition) is 2. The monoisotopic (exact) mass is 298 g/mol. The van der Waals surface area contributed by atoms with E-state index in [1.807, 2.05) is 0 Å². The molecule has 0 saturated heterocycles. The number of carbonyl (C=O) groups excluding carboxylic acids is 1. The van der Waals surface area contributed by atoms with Crippen molar-refractivity contribution in [2.45, 2.75) is 20.3 Å². The van der Waals surface area contributed by atoms with E-state index in [0.717, 1.165) is 11.3 Å². The van der Waals surface area contributed by atoms with Gasteiger partial charge in [-0.3, -0.25) is 9.69 Å². The number of benzene rings is 1. The number of aliphatic carboxylic acids is 1. The summed E-state index contributed by atoms with van der Waals surface area (Å²) in [5.74, 6) is -0.613. The summed E-state index contributed by atoms with van der Waals surface area (Å²) < 4.78 is 0. The summed E-state index contributed by atoms with van der Waals surface area (Å²) in [5, 5.41) is 12.1. The van der Waals surface area contributed by atoms with Gasteiger partial charge in [-0.1, -0.05) is 31.5 Å². The molecule has 1 aromatic rings. The fourth-order valence-electron chi connectivity index (χ4n) is 1.62. The Morgan fingerprint density at radius 2 is 2.10 bits per heavy atom. The average Bonchev–Trinajstić information content (AvgIpc) is 2.35. The van der Waals surface area contributed by atoms with E-state index in [0.29, 0.717) is 23.2 Å². The summed E-state index contributed by atoms with van der Waals surface area (Å²) in [7, 11) is 0. The predicted molar refractivity (Wildman–Crippen MR) is 79.3 cm³/mol. The summed E-state index contributed by atoms with van der Waals surface area (Å²) >= 11 is 5.87. The zero-order valence-electron chi connectivity index (χ0n) is 11.6. The third kappa shape index (κ3) is 5.48. The van der Waals surface area contributed by atoms with Crippen LogP contribution in [0, 0.1) is 5.92 Å². The van der Waals surface area contributed by atoms with E-state index in [-0.39, 0.29) is 0 Å². The Morgan fingerprint density at radius 3 is 2.65 bits per heavy atom. The second kappa shape index (κ2) is 7.75. The van der Waals surface area contributed by atoms with Crippen molar-refractivity contribution in [1.82, 2.24) is 5.32 Å². The van der Waals surface area contributed by atoms with Crippen molar-refractivity contribution in [2.75, 3.05) is 18.0 Å². The lowest BCUT2D eigenvalue weighted by atomic mass is 10.1. The van der Waals surface area contributed by atoms with E-state index in [1.165, 1.54) is 0 Å². The first-order valence-electron chi connectivity index (χ1n) is 6.43. The first-order chi connectivity index (χ1) is 9.40. The van der Waals surface area contributed by atoms with Crippen LogP contribution in [0.3, 0.4) is 0 Å². The first kappa shape index (κ1) is 16.3. The molecule has 1 aromatic carbocycles. The van der Waals surface area contributed by atoms with Crippen molar-refractivity contribution in [2.24, 2.45) is 5.92 Å². The highest BCUT2D eigenvalue weighted by Gasteiger charge is 2.18. The minimum absolute atomic E-state index is 0.409. The van der Waals surface area contributed by atoms with Crippen LogP contribution < -0.4 is 10.2 Å². The number of halogens is 1. The molecule has 0 aliphatic rings. The molecule has 0 heterocycles. The Balaban J connectivity index is 2.78. The third-order valence-corrected chi connectivity index (χ3v) is 2.89. The van der Waals surface area contributed by atoms with Crippen molar-refractivity contribution in [3.63, 3.8) is 0 Å². The molecule has 110 valence electrons. The lowest BCUT2D eigenvalue weighted by molar-refractivity contribution is -0.135. The van der Waals surface area contributed by atoms with E-state index in [4.69, 9.17) is 16.7 Å². The molecule has 2 amide bonds. The average molecular weight is 299 g/mol. The van der Waals surface area contributed by atoms with Crippen LogP contribution >= 0.6 is 11.6 Å². The zero-order chi connectivity index (χ0) is 15.1. The number of rotatable bonds is 6. The van der Waals surface area contributed by atoms with E-state index < -0.39 is 18.5 Å². The Labute approximate surface area is 123 Å². The Bertz CT molecular complexity index is 477. The maximum atomic E-state index is 12.1. The zero-order valence-corrected chi connectivity index (χ0v) is 12.4. The minimum atomic E-state index is -1.08. The summed E-state index contributed by atoms with van der Waals surface area (Å²) in [4.78, 5) is 24.1. The number of nitrogens with one attached hydrogen (secondary N) is 1. The molecule has 0 bridgehead atoms. The Kier molecular flexibility index (Phi) is 6.31. The molecule has 6 heteroatoms.